The normalized spacial score (nSPS) is 10.6. The van der Waals surface area contributed by atoms with Gasteiger partial charge in [0, 0.05) is 16.7 Å². The molecule has 0 aliphatic rings. The van der Waals surface area contributed by atoms with Crippen LogP contribution in [0.15, 0.2) is 24.3 Å². The molecule has 0 aliphatic heterocycles. The van der Waals surface area contributed by atoms with E-state index in [2.05, 4.69) is 31.9 Å². The number of rotatable bonds is 14. The van der Waals surface area contributed by atoms with Crippen molar-refractivity contribution in [3.05, 3.63) is 24.3 Å². The topological polar surface area (TPSA) is 18.5 Å². The van der Waals surface area contributed by atoms with Crippen molar-refractivity contribution < 1.29 is 9.47 Å². The first-order valence-corrected chi connectivity index (χ1v) is 10.6. The van der Waals surface area contributed by atoms with E-state index in [4.69, 9.17) is 9.47 Å². The summed E-state index contributed by atoms with van der Waals surface area (Å²) >= 11 is 6.91. The van der Waals surface area contributed by atoms with E-state index in [-0.39, 0.29) is 0 Å². The summed E-state index contributed by atoms with van der Waals surface area (Å²) in [6.45, 7) is 1.58. The molecule has 22 heavy (non-hydrogen) atoms. The molecular formula is C18H28Br2O2. The van der Waals surface area contributed by atoms with Crippen molar-refractivity contribution >= 4 is 31.9 Å². The maximum atomic E-state index is 5.79. The minimum absolute atomic E-state index is 0.790. The van der Waals surface area contributed by atoms with Crippen molar-refractivity contribution in [2.75, 3.05) is 23.9 Å². The van der Waals surface area contributed by atoms with Gasteiger partial charge in [0.05, 0.1) is 13.2 Å². The highest BCUT2D eigenvalue weighted by molar-refractivity contribution is 9.09. The number of benzene rings is 1. The standard InChI is InChI=1S/C18H28Br2O2/c19-12-5-1-3-7-14-21-17-10-9-11-18(16-17)22-15-8-4-2-6-13-20/h9-11,16H,1-8,12-15H2. The monoisotopic (exact) mass is 434 g/mol. The first-order chi connectivity index (χ1) is 10.9. The Labute approximate surface area is 152 Å². The second kappa shape index (κ2) is 14.4. The van der Waals surface area contributed by atoms with E-state index >= 15 is 0 Å². The molecule has 0 aromatic heterocycles. The van der Waals surface area contributed by atoms with Gasteiger partial charge in [-0.2, -0.15) is 0 Å². The first-order valence-electron chi connectivity index (χ1n) is 8.34. The van der Waals surface area contributed by atoms with E-state index < -0.39 is 0 Å². The highest BCUT2D eigenvalue weighted by Crippen LogP contribution is 2.20. The Kier molecular flexibility index (Phi) is 13.0. The highest BCUT2D eigenvalue weighted by Gasteiger charge is 1.99. The maximum absolute atomic E-state index is 5.79. The Morgan fingerprint density at radius 1 is 0.636 bits per heavy atom. The van der Waals surface area contributed by atoms with Gasteiger partial charge in [0.2, 0.25) is 0 Å². The minimum Gasteiger partial charge on any atom is -0.493 e. The third-order valence-electron chi connectivity index (χ3n) is 3.40. The lowest BCUT2D eigenvalue weighted by molar-refractivity contribution is 0.290. The van der Waals surface area contributed by atoms with E-state index in [1.165, 1.54) is 38.5 Å². The van der Waals surface area contributed by atoms with Crippen molar-refractivity contribution in [1.29, 1.82) is 0 Å². The van der Waals surface area contributed by atoms with E-state index in [1.807, 2.05) is 24.3 Å². The quantitative estimate of drug-likeness (QED) is 0.250. The van der Waals surface area contributed by atoms with Gasteiger partial charge in [0.1, 0.15) is 11.5 Å². The van der Waals surface area contributed by atoms with Gasteiger partial charge in [-0.1, -0.05) is 63.6 Å². The smallest absolute Gasteiger partial charge is 0.122 e. The minimum atomic E-state index is 0.790. The predicted octanol–water partition coefficient (Wildman–Crippen LogP) is 6.35. The number of alkyl halides is 2. The number of hydrogen-bond donors (Lipinski definition) is 0. The van der Waals surface area contributed by atoms with E-state index in [9.17, 15) is 0 Å². The van der Waals surface area contributed by atoms with Gasteiger partial charge in [-0.15, -0.1) is 0 Å². The number of halogens is 2. The fraction of sp³-hybridized carbons (Fsp3) is 0.667. The van der Waals surface area contributed by atoms with Crippen LogP contribution in [0.5, 0.6) is 11.5 Å². The molecule has 4 heteroatoms. The summed E-state index contributed by atoms with van der Waals surface area (Å²) in [5, 5.41) is 2.20. The molecule has 0 amide bonds. The van der Waals surface area contributed by atoms with Gasteiger partial charge < -0.3 is 9.47 Å². The SMILES string of the molecule is BrCCCCCCOc1cccc(OCCCCCCBr)c1. The molecule has 0 heterocycles. The van der Waals surface area contributed by atoms with E-state index in [1.54, 1.807) is 0 Å². The highest BCUT2D eigenvalue weighted by atomic mass is 79.9. The Morgan fingerprint density at radius 2 is 1.09 bits per heavy atom. The number of hydrogen-bond acceptors (Lipinski definition) is 2. The summed E-state index contributed by atoms with van der Waals surface area (Å²) in [6, 6.07) is 8.00. The van der Waals surface area contributed by atoms with Crippen LogP contribution in [0, 0.1) is 0 Å². The molecular weight excluding hydrogens is 408 g/mol. The lowest BCUT2D eigenvalue weighted by Crippen LogP contribution is -2.00. The van der Waals surface area contributed by atoms with Crippen LogP contribution in [0.4, 0.5) is 0 Å². The van der Waals surface area contributed by atoms with Crippen LogP contribution in [-0.4, -0.2) is 23.9 Å². The van der Waals surface area contributed by atoms with Crippen LogP contribution in [0.2, 0.25) is 0 Å². The van der Waals surface area contributed by atoms with Crippen molar-refractivity contribution in [3.63, 3.8) is 0 Å². The zero-order chi connectivity index (χ0) is 15.9. The molecule has 0 fully saturated rings. The second-order valence-electron chi connectivity index (χ2n) is 5.38. The molecule has 0 unspecified atom stereocenters. The molecule has 0 saturated heterocycles. The lowest BCUT2D eigenvalue weighted by Gasteiger charge is -2.09. The molecule has 0 bridgehead atoms. The zero-order valence-electron chi connectivity index (χ0n) is 13.4. The molecule has 0 aliphatic carbocycles. The first kappa shape index (κ1) is 19.8. The summed E-state index contributed by atoms with van der Waals surface area (Å²) in [4.78, 5) is 0. The summed E-state index contributed by atoms with van der Waals surface area (Å²) in [5.41, 5.74) is 0. The van der Waals surface area contributed by atoms with Gasteiger partial charge in [-0.3, -0.25) is 0 Å². The molecule has 1 aromatic rings. The molecule has 2 nitrogen and oxygen atoms in total. The third-order valence-corrected chi connectivity index (χ3v) is 4.52. The average molecular weight is 436 g/mol. The van der Waals surface area contributed by atoms with Crippen molar-refractivity contribution in [1.82, 2.24) is 0 Å². The largest absolute Gasteiger partial charge is 0.493 e. The van der Waals surface area contributed by atoms with Crippen molar-refractivity contribution in [3.8, 4) is 11.5 Å². The van der Waals surface area contributed by atoms with Crippen LogP contribution in [-0.2, 0) is 0 Å². The molecule has 1 aromatic carbocycles. The van der Waals surface area contributed by atoms with Crippen LogP contribution in [0.25, 0.3) is 0 Å². The Balaban J connectivity index is 2.13. The van der Waals surface area contributed by atoms with Gasteiger partial charge >= 0.3 is 0 Å². The molecule has 0 N–H and O–H groups in total. The fourth-order valence-corrected chi connectivity index (χ4v) is 2.93. The molecule has 0 saturated carbocycles. The fourth-order valence-electron chi connectivity index (χ4n) is 2.13. The molecule has 0 atom stereocenters. The summed E-state index contributed by atoms with van der Waals surface area (Å²) in [7, 11) is 0. The van der Waals surface area contributed by atoms with E-state index in [0.717, 1.165) is 48.2 Å². The van der Waals surface area contributed by atoms with Crippen molar-refractivity contribution in [2.24, 2.45) is 0 Å². The zero-order valence-corrected chi connectivity index (χ0v) is 16.5. The number of unbranched alkanes of at least 4 members (excludes halogenated alkanes) is 6. The summed E-state index contributed by atoms with van der Waals surface area (Å²) in [6.07, 6.45) is 9.74. The number of ether oxygens (including phenoxy) is 2. The average Bonchev–Trinajstić information content (AvgIpc) is 2.54. The molecule has 0 radical (unpaired) electrons. The Bertz CT molecular complexity index is 341. The van der Waals surface area contributed by atoms with Gasteiger partial charge in [-0.25, -0.2) is 0 Å². The predicted molar refractivity (Wildman–Crippen MR) is 102 cm³/mol. The van der Waals surface area contributed by atoms with Crippen LogP contribution < -0.4 is 9.47 Å². The Hall–Kier alpha value is -0.220. The summed E-state index contributed by atoms with van der Waals surface area (Å²) < 4.78 is 11.6. The molecule has 126 valence electrons. The third kappa shape index (κ3) is 10.5. The van der Waals surface area contributed by atoms with Crippen LogP contribution in [0.1, 0.15) is 51.4 Å². The van der Waals surface area contributed by atoms with Crippen LogP contribution in [0.3, 0.4) is 0 Å². The maximum Gasteiger partial charge on any atom is 0.122 e. The lowest BCUT2D eigenvalue weighted by atomic mass is 10.2. The molecule has 1 rings (SSSR count). The van der Waals surface area contributed by atoms with Gasteiger partial charge in [0.25, 0.3) is 0 Å². The van der Waals surface area contributed by atoms with Gasteiger partial charge in [0.15, 0.2) is 0 Å². The van der Waals surface area contributed by atoms with Crippen LogP contribution >= 0.6 is 31.9 Å². The van der Waals surface area contributed by atoms with E-state index in [0.29, 0.717) is 0 Å². The summed E-state index contributed by atoms with van der Waals surface area (Å²) in [5.74, 6) is 1.83. The second-order valence-corrected chi connectivity index (χ2v) is 6.96. The van der Waals surface area contributed by atoms with Crippen molar-refractivity contribution in [2.45, 2.75) is 51.4 Å². The molecule has 0 spiro atoms. The Morgan fingerprint density at radius 3 is 1.55 bits per heavy atom. The van der Waals surface area contributed by atoms with Gasteiger partial charge in [-0.05, 0) is 37.8 Å².